The lowest BCUT2D eigenvalue weighted by atomic mass is 10.0. The zero-order chi connectivity index (χ0) is 61.7. The summed E-state index contributed by atoms with van der Waals surface area (Å²) in [5.41, 5.74) is 9.83. The molecule has 87 heavy (non-hydrogen) atoms. The third kappa shape index (κ3) is 18.5. The van der Waals surface area contributed by atoms with Gasteiger partial charge in [-0.15, -0.1) is 5.10 Å². The highest BCUT2D eigenvalue weighted by Crippen LogP contribution is 2.37. The van der Waals surface area contributed by atoms with Gasteiger partial charge in [-0.05, 0) is 82.0 Å². The molecule has 0 aliphatic carbocycles. The molecule has 2 atom stereocenters. The van der Waals surface area contributed by atoms with E-state index in [0.717, 1.165) is 12.8 Å². The number of carboxylic acid groups (broad SMARTS) is 1. The molecular formula is C57H62ClF2N17O10. The average Bonchev–Trinajstić information content (AvgIpc) is 1.46. The number of aryl methyl sites for hydroxylation is 2. The largest absolute Gasteiger partial charge is 0.492 e. The molecule has 0 unspecified atom stereocenters. The summed E-state index contributed by atoms with van der Waals surface area (Å²) in [5, 5.41) is 48.8. The number of benzene rings is 2. The van der Waals surface area contributed by atoms with Crippen LogP contribution >= 0.6 is 11.6 Å². The minimum Gasteiger partial charge on any atom is -0.492 e. The number of carbonyl (C=O) groups is 3. The summed E-state index contributed by atoms with van der Waals surface area (Å²) in [6.07, 6.45) is 7.99. The minimum absolute atomic E-state index is 0.0449. The van der Waals surface area contributed by atoms with Gasteiger partial charge >= 0.3 is 12.0 Å². The lowest BCUT2D eigenvalue weighted by Crippen LogP contribution is -2.47. The van der Waals surface area contributed by atoms with E-state index < -0.39 is 41.5 Å². The number of halogens is 3. The molecule has 30 heteroatoms. The second-order valence-corrected chi connectivity index (χ2v) is 19.8. The predicted molar refractivity (Wildman–Crippen MR) is 311 cm³/mol. The monoisotopic (exact) mass is 1220 g/mol. The highest BCUT2D eigenvalue weighted by molar-refractivity contribution is 6.35. The van der Waals surface area contributed by atoms with E-state index in [1.807, 2.05) is 12.3 Å². The number of fused-ring (bicyclic) bond motifs is 2. The van der Waals surface area contributed by atoms with Gasteiger partial charge < -0.3 is 60.9 Å². The van der Waals surface area contributed by atoms with Gasteiger partial charge in [-0.1, -0.05) is 16.8 Å². The van der Waals surface area contributed by atoms with Gasteiger partial charge in [0.1, 0.15) is 28.8 Å². The maximum absolute atomic E-state index is 15.5. The van der Waals surface area contributed by atoms with Crippen LogP contribution < -0.4 is 31.7 Å². The fraction of sp³-hybridized carbons (Fsp3) is 0.368. The van der Waals surface area contributed by atoms with Crippen LogP contribution in [-0.4, -0.2) is 148 Å². The van der Waals surface area contributed by atoms with Crippen molar-refractivity contribution in [2.75, 3.05) is 75.8 Å². The first kappa shape index (κ1) is 63.5. The standard InChI is InChI=1S/C57H62ClF2N17O10/c1-33(41-24-35(26-61)6-11-42(41)59)69-50-47(58)34(2)68-45-25-43(60)48(72-49(45)50)37-27-66-57(67-28-37)87-16-5-3-4-15-77-31-40(75-76-77)32-86-23-22-85-21-20-84-19-18-83-17-14-63-54(81)44(12-13-46(78)79)71-53(80)36-7-9-38(10-8-36)64-29-39-30-65-52-51(70-39)55(82)74-56(62)73-52/h6-11,24-25,27-28,30-31,33,44,64H,3-5,12-23,29,32H2,1-2H3,(H,63,81)(H,68,69)(H,71,80)(H,78,79)(H3,62,65,73,74,82)/t33-,44+/m1/s1. The Kier molecular flexibility index (Phi) is 23.1. The summed E-state index contributed by atoms with van der Waals surface area (Å²) in [4.78, 5) is 71.0. The van der Waals surface area contributed by atoms with Crippen LogP contribution in [0.25, 0.3) is 33.5 Å². The third-order valence-electron chi connectivity index (χ3n) is 13.0. The normalized spacial score (nSPS) is 12.0. The van der Waals surface area contributed by atoms with Crippen LogP contribution in [0.1, 0.15) is 83.6 Å². The van der Waals surface area contributed by atoms with E-state index in [2.05, 4.69) is 71.5 Å². The average molecular weight is 1220 g/mol. The number of anilines is 3. The molecule has 6 heterocycles. The van der Waals surface area contributed by atoms with Crippen molar-refractivity contribution in [2.45, 2.75) is 77.7 Å². The lowest BCUT2D eigenvalue weighted by molar-refractivity contribution is -0.137. The number of aliphatic carboxylic acids is 1. The molecule has 0 aliphatic heterocycles. The molecule has 0 bridgehead atoms. The number of nitriles is 1. The minimum atomic E-state index is -1.12. The van der Waals surface area contributed by atoms with Crippen LogP contribution in [0.3, 0.4) is 0 Å². The van der Waals surface area contributed by atoms with Gasteiger partial charge in [0.25, 0.3) is 5.91 Å². The van der Waals surface area contributed by atoms with E-state index in [4.69, 9.17) is 41.0 Å². The van der Waals surface area contributed by atoms with E-state index in [1.165, 1.54) is 42.9 Å². The number of carbonyl (C=O) groups excluding carboxylic acids is 2. The molecule has 0 radical (unpaired) electrons. The molecule has 0 saturated carbocycles. The number of ether oxygens (including phenoxy) is 5. The Morgan fingerprint density at radius 1 is 0.828 bits per heavy atom. The molecule has 8 rings (SSSR count). The topological polar surface area (TPSA) is 370 Å². The van der Waals surface area contributed by atoms with Crippen molar-refractivity contribution < 1.29 is 57.1 Å². The Morgan fingerprint density at radius 3 is 2.30 bits per heavy atom. The highest BCUT2D eigenvalue weighted by atomic mass is 35.5. The molecule has 0 saturated heterocycles. The fourth-order valence-electron chi connectivity index (χ4n) is 8.53. The number of nitrogens with zero attached hydrogens (tertiary/aromatic N) is 12. The van der Waals surface area contributed by atoms with Crippen molar-refractivity contribution in [1.29, 1.82) is 5.26 Å². The maximum Gasteiger partial charge on any atom is 0.316 e. The van der Waals surface area contributed by atoms with Crippen LogP contribution in [0.2, 0.25) is 5.02 Å². The van der Waals surface area contributed by atoms with Crippen molar-refractivity contribution in [3.05, 3.63) is 124 Å². The summed E-state index contributed by atoms with van der Waals surface area (Å²) >= 11 is 6.68. The number of unbranched alkanes of at least 4 members (excludes halogenated alkanes) is 2. The number of nitrogens with one attached hydrogen (secondary N) is 4. The summed E-state index contributed by atoms with van der Waals surface area (Å²) in [6, 6.07) is 12.1. The van der Waals surface area contributed by atoms with Crippen LogP contribution in [0.4, 0.5) is 26.1 Å². The molecule has 0 fully saturated rings. The number of nitrogens with two attached hydrogens (primary N) is 1. The van der Waals surface area contributed by atoms with E-state index in [1.54, 1.807) is 42.8 Å². The molecule has 2 aromatic carbocycles. The van der Waals surface area contributed by atoms with Crippen molar-refractivity contribution >= 4 is 68.9 Å². The van der Waals surface area contributed by atoms with Gasteiger partial charge in [0, 0.05) is 60.3 Å². The molecule has 8 aromatic rings. The first-order valence-electron chi connectivity index (χ1n) is 27.5. The molecule has 456 valence electrons. The van der Waals surface area contributed by atoms with Crippen LogP contribution in [-0.2, 0) is 48.2 Å². The number of rotatable bonds is 34. The SMILES string of the molecule is Cc1nc2cc(F)c(-c3cnc(OCCCCCn4cc(COCCOCCOCCOCCNC(=O)[C@H](CCC(=O)O)NC(=O)c5ccc(NCc6cnc7nc(N)nc(O)c7n6)cc5)nn4)nc3)nc2c(N[C@H](C)c2cc(C#N)ccc2F)c1Cl. The highest BCUT2D eigenvalue weighted by Gasteiger charge is 2.24. The Balaban J connectivity index is 0.636. The summed E-state index contributed by atoms with van der Waals surface area (Å²) in [5.74, 6) is -3.93. The first-order chi connectivity index (χ1) is 42.1. The van der Waals surface area contributed by atoms with Crippen molar-refractivity contribution in [3.63, 3.8) is 0 Å². The van der Waals surface area contributed by atoms with Crippen molar-refractivity contribution in [1.82, 2.24) is 65.5 Å². The molecule has 8 N–H and O–H groups in total. The van der Waals surface area contributed by atoms with Gasteiger partial charge in [-0.3, -0.25) is 19.1 Å². The number of hydrogen-bond donors (Lipinski definition) is 7. The lowest BCUT2D eigenvalue weighted by Gasteiger charge is -2.20. The first-order valence-corrected chi connectivity index (χ1v) is 27.9. The van der Waals surface area contributed by atoms with E-state index in [-0.39, 0.29) is 120 Å². The van der Waals surface area contributed by atoms with Crippen LogP contribution in [0.5, 0.6) is 11.9 Å². The fourth-order valence-corrected chi connectivity index (χ4v) is 8.71. The van der Waals surface area contributed by atoms with E-state index in [0.29, 0.717) is 80.0 Å². The van der Waals surface area contributed by atoms with Crippen molar-refractivity contribution in [3.8, 4) is 29.2 Å². The number of carboxylic acids is 1. The quantitative estimate of drug-likeness (QED) is 0.0221. The molecule has 0 aliphatic rings. The summed E-state index contributed by atoms with van der Waals surface area (Å²) < 4.78 is 60.1. The number of nitrogen functional groups attached to an aromatic ring is 1. The van der Waals surface area contributed by atoms with E-state index >= 15 is 4.39 Å². The van der Waals surface area contributed by atoms with Gasteiger partial charge in [-0.25, -0.2) is 38.7 Å². The maximum atomic E-state index is 15.5. The Labute approximate surface area is 501 Å². The van der Waals surface area contributed by atoms with Gasteiger partial charge in [0.15, 0.2) is 17.0 Å². The number of aromatic hydroxyl groups is 1. The zero-order valence-electron chi connectivity index (χ0n) is 47.3. The third-order valence-corrected chi connectivity index (χ3v) is 13.4. The number of pyridine rings is 2. The number of hydrogen-bond acceptors (Lipinski definition) is 23. The van der Waals surface area contributed by atoms with Gasteiger partial charge in [-0.2, -0.15) is 15.2 Å². The van der Waals surface area contributed by atoms with E-state index in [9.17, 15) is 34.2 Å². The van der Waals surface area contributed by atoms with Crippen molar-refractivity contribution in [2.24, 2.45) is 0 Å². The van der Waals surface area contributed by atoms with Gasteiger partial charge in [0.2, 0.25) is 17.7 Å². The second-order valence-electron chi connectivity index (χ2n) is 19.4. The molecule has 27 nitrogen and oxygen atoms in total. The van der Waals surface area contributed by atoms with Crippen LogP contribution in [0.15, 0.2) is 73.3 Å². The second kappa shape index (κ2) is 31.6. The number of aromatic nitrogens is 11. The predicted octanol–water partition coefficient (Wildman–Crippen LogP) is 6.19. The number of amides is 2. The summed E-state index contributed by atoms with van der Waals surface area (Å²) in [7, 11) is 0. The Bertz CT molecular complexity index is 3700. The molecular weight excluding hydrogens is 1160 g/mol. The molecule has 0 spiro atoms. The Hall–Kier alpha value is -9.47. The molecule has 6 aromatic heterocycles. The summed E-state index contributed by atoms with van der Waals surface area (Å²) in [6.45, 7) is 6.98. The van der Waals surface area contributed by atoms with Crippen LogP contribution in [0, 0.1) is 29.9 Å². The smallest absolute Gasteiger partial charge is 0.316 e. The van der Waals surface area contributed by atoms with Gasteiger partial charge in [0.05, 0.1) is 124 Å². The zero-order valence-corrected chi connectivity index (χ0v) is 48.1. The molecule has 2 amide bonds. The Morgan fingerprint density at radius 2 is 1.56 bits per heavy atom.